The van der Waals surface area contributed by atoms with Crippen LogP contribution in [0.4, 0.5) is 0 Å². The third-order valence-electron chi connectivity index (χ3n) is 20.6. The van der Waals surface area contributed by atoms with Gasteiger partial charge in [0.25, 0.3) is 0 Å². The SMILES string of the molecule is CCCCCCCCCCCCOCC(=O)Oc1cc2c(cc1C)Cc1cc(OC(=O)COCCCCCCCCCCCC)c(OC(=O)COCCCCCCCCCCCC)cc1Cc1cc(OC(=O)COCCCCCCCCCCCC)c(OC(=O)COCCCCCCCCCCCC)cc1C2. The Bertz CT molecular complexity index is 2740. The minimum Gasteiger partial charge on any atom is -0.425 e. The summed E-state index contributed by atoms with van der Waals surface area (Å²) < 4.78 is 60.3. The summed E-state index contributed by atoms with van der Waals surface area (Å²) in [5, 5.41) is 0. The van der Waals surface area contributed by atoms with Crippen LogP contribution in [-0.4, -0.2) is 95.9 Å². The maximum absolute atomic E-state index is 14.0. The summed E-state index contributed by atoms with van der Waals surface area (Å²) in [7, 11) is 0. The fourth-order valence-electron chi connectivity index (χ4n) is 14.1. The Morgan fingerprint density at radius 3 is 0.551 bits per heavy atom. The largest absolute Gasteiger partial charge is 0.425 e. The zero-order valence-electron chi connectivity index (χ0n) is 68.6. The summed E-state index contributed by atoms with van der Waals surface area (Å²) in [6, 6.07) is 10.8. The summed E-state index contributed by atoms with van der Waals surface area (Å²) in [6.07, 6.45) is 59.8. The fourth-order valence-corrected chi connectivity index (χ4v) is 14.1. The second kappa shape index (κ2) is 64.5. The molecule has 0 saturated carbocycles. The van der Waals surface area contributed by atoms with Gasteiger partial charge in [-0.1, -0.05) is 330 Å². The standard InChI is InChI=1S/C92H150O15/c1-7-12-17-22-27-32-37-42-47-52-57-98-71-88(93)103-83-66-78-64-80-68-85(105-90(95)73-100-59-54-49-44-39-34-29-24-19-14-9-3)87(107-92(97)75-102-61-56-51-46-41-36-31-26-21-16-11-5)70-82(80)65-81-69-86(106-91(96)74-101-60-55-50-45-40-35-30-25-20-15-10-4)84(67-79(81)63-77(78)62-76(83)6)104-89(94)72-99-58-53-48-43-38-33-28-23-18-13-8-2/h62,66-70H,7-61,63-65,71-75H2,1-6H3. The van der Waals surface area contributed by atoms with Gasteiger partial charge in [0.05, 0.1) is 0 Å². The first-order chi connectivity index (χ1) is 52.5. The number of hydrogen-bond donors (Lipinski definition) is 0. The van der Waals surface area contributed by atoms with Gasteiger partial charge in [0.1, 0.15) is 38.8 Å². The lowest BCUT2D eigenvalue weighted by molar-refractivity contribution is -0.142. The number of carbonyl (C=O) groups excluding carboxylic acids is 5. The van der Waals surface area contributed by atoms with E-state index in [1.165, 1.54) is 225 Å². The van der Waals surface area contributed by atoms with Crippen molar-refractivity contribution in [2.75, 3.05) is 66.1 Å². The van der Waals surface area contributed by atoms with E-state index < -0.39 is 29.8 Å². The molecule has 1 aliphatic rings. The lowest BCUT2D eigenvalue weighted by atomic mass is 9.93. The maximum atomic E-state index is 14.0. The summed E-state index contributed by atoms with van der Waals surface area (Å²) in [5.74, 6) is -2.60. The van der Waals surface area contributed by atoms with Crippen LogP contribution in [0, 0.1) is 6.92 Å². The Hall–Kier alpha value is -5.19. The molecule has 1 aliphatic carbocycles. The van der Waals surface area contributed by atoms with E-state index in [0.717, 1.165) is 124 Å². The molecule has 0 radical (unpaired) electrons. The molecule has 0 atom stereocenters. The smallest absolute Gasteiger partial charge is 0.337 e. The average molecular weight is 1500 g/mol. The van der Waals surface area contributed by atoms with E-state index >= 15 is 0 Å². The van der Waals surface area contributed by atoms with Crippen LogP contribution in [0.5, 0.6) is 28.7 Å². The first-order valence-corrected chi connectivity index (χ1v) is 43.8. The predicted molar refractivity (Wildman–Crippen MR) is 434 cm³/mol. The van der Waals surface area contributed by atoms with Crippen LogP contribution in [0.25, 0.3) is 0 Å². The molecule has 608 valence electrons. The highest BCUT2D eigenvalue weighted by Gasteiger charge is 2.26. The molecule has 15 heteroatoms. The van der Waals surface area contributed by atoms with Crippen molar-refractivity contribution in [3.05, 3.63) is 75.3 Å². The highest BCUT2D eigenvalue weighted by atomic mass is 16.6. The molecule has 0 fully saturated rings. The molecule has 0 bridgehead atoms. The number of unbranched alkanes of at least 4 members (excludes halogenated alkanes) is 45. The van der Waals surface area contributed by atoms with Gasteiger partial charge in [0.15, 0.2) is 23.0 Å². The second-order valence-corrected chi connectivity index (χ2v) is 30.6. The van der Waals surface area contributed by atoms with Crippen LogP contribution in [0.3, 0.4) is 0 Å². The third-order valence-corrected chi connectivity index (χ3v) is 20.6. The minimum absolute atomic E-state index is 0.0197. The monoisotopic (exact) mass is 1500 g/mol. The lowest BCUT2D eigenvalue weighted by Crippen LogP contribution is -2.20. The molecule has 15 nitrogen and oxygen atoms in total. The van der Waals surface area contributed by atoms with E-state index in [4.69, 9.17) is 47.4 Å². The van der Waals surface area contributed by atoms with Crippen molar-refractivity contribution in [1.82, 2.24) is 0 Å². The van der Waals surface area contributed by atoms with Gasteiger partial charge in [-0.05, 0) is 128 Å². The molecule has 3 aromatic carbocycles. The Morgan fingerprint density at radius 1 is 0.215 bits per heavy atom. The zero-order chi connectivity index (χ0) is 76.7. The topological polar surface area (TPSA) is 178 Å². The van der Waals surface area contributed by atoms with Crippen molar-refractivity contribution >= 4 is 29.8 Å². The molecule has 0 unspecified atom stereocenters. The minimum atomic E-state index is -0.654. The lowest BCUT2D eigenvalue weighted by Gasteiger charge is -2.18. The van der Waals surface area contributed by atoms with Crippen LogP contribution in [-0.2, 0) is 66.9 Å². The maximum Gasteiger partial charge on any atom is 0.337 e. The molecular weight excluding hydrogens is 1340 g/mol. The Balaban J connectivity index is 1.68. The Kier molecular flexibility index (Phi) is 56.7. The van der Waals surface area contributed by atoms with Gasteiger partial charge >= 0.3 is 29.8 Å². The quantitative estimate of drug-likeness (QED) is 0.0231. The summed E-state index contributed by atoms with van der Waals surface area (Å²) in [4.78, 5) is 69.4. The van der Waals surface area contributed by atoms with Gasteiger partial charge < -0.3 is 47.4 Å². The number of ether oxygens (including phenoxy) is 10. The predicted octanol–water partition coefficient (Wildman–Crippen LogP) is 24.3. The Morgan fingerprint density at radius 2 is 0.364 bits per heavy atom. The van der Waals surface area contributed by atoms with E-state index in [0.29, 0.717) is 56.3 Å². The molecule has 0 spiro atoms. The van der Waals surface area contributed by atoms with Crippen LogP contribution in [0.15, 0.2) is 36.4 Å². The number of fused-ring (bicyclic) bond motifs is 3. The van der Waals surface area contributed by atoms with Crippen LogP contribution in [0.2, 0.25) is 0 Å². The van der Waals surface area contributed by atoms with Crippen LogP contribution < -0.4 is 23.7 Å². The fraction of sp³-hybridized carbons (Fsp3) is 0.750. The number of hydrogen-bond acceptors (Lipinski definition) is 15. The van der Waals surface area contributed by atoms with Crippen molar-refractivity contribution in [2.24, 2.45) is 0 Å². The molecule has 0 N–H and O–H groups in total. The summed E-state index contributed by atoms with van der Waals surface area (Å²) >= 11 is 0. The van der Waals surface area contributed by atoms with Gasteiger partial charge in [0.2, 0.25) is 0 Å². The molecule has 0 aliphatic heterocycles. The normalized spacial score (nSPS) is 11.9. The van der Waals surface area contributed by atoms with E-state index in [1.54, 1.807) is 24.3 Å². The van der Waals surface area contributed by atoms with Gasteiger partial charge in [-0.15, -0.1) is 0 Å². The third kappa shape index (κ3) is 46.9. The van der Waals surface area contributed by atoms with Crippen molar-refractivity contribution in [3.8, 4) is 28.7 Å². The summed E-state index contributed by atoms with van der Waals surface area (Å²) in [6.45, 7) is 13.8. The van der Waals surface area contributed by atoms with Crippen LogP contribution >= 0.6 is 0 Å². The molecule has 4 rings (SSSR count). The molecule has 107 heavy (non-hydrogen) atoms. The summed E-state index contributed by atoms with van der Waals surface area (Å²) in [5.41, 5.74) is 5.29. The van der Waals surface area contributed by atoms with E-state index in [-0.39, 0.29) is 68.9 Å². The first-order valence-electron chi connectivity index (χ1n) is 43.8. The molecule has 0 heterocycles. The van der Waals surface area contributed by atoms with Gasteiger partial charge in [-0.2, -0.15) is 0 Å². The molecule has 0 saturated heterocycles. The van der Waals surface area contributed by atoms with Gasteiger partial charge in [-0.3, -0.25) is 0 Å². The van der Waals surface area contributed by atoms with Crippen LogP contribution in [0.1, 0.15) is 395 Å². The zero-order valence-corrected chi connectivity index (χ0v) is 68.6. The number of carbonyl (C=O) groups is 5. The molecular formula is C92H150O15. The average Bonchev–Trinajstić information content (AvgIpc) is 1.69. The Labute approximate surface area is 649 Å². The second-order valence-electron chi connectivity index (χ2n) is 30.6. The van der Waals surface area contributed by atoms with Gasteiger partial charge in [0, 0.05) is 33.0 Å². The molecule has 3 aromatic rings. The van der Waals surface area contributed by atoms with Gasteiger partial charge in [-0.25, -0.2) is 24.0 Å². The van der Waals surface area contributed by atoms with Crippen molar-refractivity contribution in [2.45, 2.75) is 382 Å². The first kappa shape index (κ1) is 94.2. The number of benzene rings is 3. The highest BCUT2D eigenvalue weighted by molar-refractivity contribution is 5.79. The number of aryl methyl sites for hydroxylation is 1. The van der Waals surface area contributed by atoms with Crippen molar-refractivity contribution in [3.63, 3.8) is 0 Å². The van der Waals surface area contributed by atoms with Crippen molar-refractivity contribution < 1.29 is 71.3 Å². The number of rotatable bonds is 70. The molecule has 0 amide bonds. The van der Waals surface area contributed by atoms with E-state index in [1.807, 2.05) is 19.1 Å². The van der Waals surface area contributed by atoms with E-state index in [9.17, 15) is 24.0 Å². The molecule has 0 aromatic heterocycles. The van der Waals surface area contributed by atoms with E-state index in [2.05, 4.69) is 34.6 Å². The highest BCUT2D eigenvalue weighted by Crippen LogP contribution is 2.41. The number of esters is 5. The van der Waals surface area contributed by atoms with Crippen molar-refractivity contribution in [1.29, 1.82) is 0 Å².